The van der Waals surface area contributed by atoms with Gasteiger partial charge in [0.15, 0.2) is 6.61 Å². The number of sulfonamides is 1. The summed E-state index contributed by atoms with van der Waals surface area (Å²) in [6.07, 6.45) is 1.97. The number of carbonyl (C=O) groups is 2. The van der Waals surface area contributed by atoms with E-state index >= 15 is 0 Å². The quantitative estimate of drug-likeness (QED) is 0.403. The summed E-state index contributed by atoms with van der Waals surface area (Å²) in [6, 6.07) is 11.1. The van der Waals surface area contributed by atoms with Crippen molar-refractivity contribution in [3.05, 3.63) is 53.6 Å². The maximum Gasteiger partial charge on any atom is 0.338 e. The number of hydrogen-bond donors (Lipinski definition) is 1. The summed E-state index contributed by atoms with van der Waals surface area (Å²) in [5.41, 5.74) is 1.16. The van der Waals surface area contributed by atoms with E-state index in [0.717, 1.165) is 12.8 Å². The Hall–Kier alpha value is -2.95. The van der Waals surface area contributed by atoms with Gasteiger partial charge in [-0.3, -0.25) is 4.79 Å². The summed E-state index contributed by atoms with van der Waals surface area (Å²) in [4.78, 5) is 24.7. The van der Waals surface area contributed by atoms with E-state index in [9.17, 15) is 18.0 Å². The molecule has 9 nitrogen and oxygen atoms in total. The van der Waals surface area contributed by atoms with Gasteiger partial charge in [-0.05, 0) is 55.3 Å². The van der Waals surface area contributed by atoms with Gasteiger partial charge in [0.05, 0.1) is 30.3 Å². The molecule has 184 valence electrons. The first-order valence-corrected chi connectivity index (χ1v) is 12.6. The van der Waals surface area contributed by atoms with Crippen LogP contribution in [-0.2, 0) is 24.3 Å². The molecule has 1 heterocycles. The van der Waals surface area contributed by atoms with Crippen molar-refractivity contribution in [2.45, 2.75) is 31.6 Å². The lowest BCUT2D eigenvalue weighted by Crippen LogP contribution is -2.40. The molecule has 1 fully saturated rings. The summed E-state index contributed by atoms with van der Waals surface area (Å²) in [6.45, 7) is 5.11. The Labute approximate surface area is 200 Å². The van der Waals surface area contributed by atoms with E-state index in [2.05, 4.69) is 12.2 Å². The molecule has 1 N–H and O–H groups in total. The Morgan fingerprint density at radius 3 is 2.47 bits per heavy atom. The van der Waals surface area contributed by atoms with Gasteiger partial charge in [0.2, 0.25) is 10.0 Å². The third-order valence-corrected chi connectivity index (χ3v) is 7.29. The van der Waals surface area contributed by atoms with Crippen LogP contribution in [0.25, 0.3) is 0 Å². The molecule has 1 saturated heterocycles. The van der Waals surface area contributed by atoms with Crippen LogP contribution in [0.15, 0.2) is 47.4 Å². The van der Waals surface area contributed by atoms with Crippen molar-refractivity contribution in [3.8, 4) is 5.75 Å². The normalized spacial score (nSPS) is 14.4. The molecule has 0 radical (unpaired) electrons. The molecule has 10 heteroatoms. The van der Waals surface area contributed by atoms with Crippen molar-refractivity contribution in [2.75, 3.05) is 44.8 Å². The zero-order valence-electron chi connectivity index (χ0n) is 19.4. The highest BCUT2D eigenvalue weighted by Crippen LogP contribution is 2.24. The number of nitrogens with zero attached hydrogens (tertiary/aromatic N) is 1. The molecule has 0 unspecified atom stereocenters. The summed E-state index contributed by atoms with van der Waals surface area (Å²) in [7, 11) is -3.72. The molecule has 0 aliphatic carbocycles. The van der Waals surface area contributed by atoms with Crippen molar-refractivity contribution >= 4 is 27.6 Å². The van der Waals surface area contributed by atoms with E-state index in [1.165, 1.54) is 10.4 Å². The number of nitrogens with one attached hydrogen (secondary N) is 1. The predicted octanol–water partition coefficient (Wildman–Crippen LogP) is 2.99. The highest BCUT2D eigenvalue weighted by atomic mass is 32.2. The molecule has 1 aliphatic rings. The van der Waals surface area contributed by atoms with Crippen LogP contribution < -0.4 is 10.1 Å². The smallest absolute Gasteiger partial charge is 0.338 e. The number of carbonyl (C=O) groups excluding carboxylic acids is 2. The molecule has 0 saturated carbocycles. The third-order valence-electron chi connectivity index (χ3n) is 5.25. The minimum Gasteiger partial charge on any atom is -0.494 e. The Kier molecular flexibility index (Phi) is 9.03. The zero-order valence-corrected chi connectivity index (χ0v) is 20.2. The molecule has 0 spiro atoms. The van der Waals surface area contributed by atoms with Crippen LogP contribution in [0, 0.1) is 6.92 Å². The third kappa shape index (κ3) is 6.78. The Bertz CT molecular complexity index is 1090. The van der Waals surface area contributed by atoms with Crippen LogP contribution in [0.5, 0.6) is 5.75 Å². The highest BCUT2D eigenvalue weighted by Gasteiger charge is 2.28. The van der Waals surface area contributed by atoms with Gasteiger partial charge in [0, 0.05) is 18.8 Å². The molecule has 0 bridgehead atoms. The summed E-state index contributed by atoms with van der Waals surface area (Å²) < 4.78 is 43.2. The SMILES string of the molecule is CCCCOc1ccc(C(=O)OCC(=O)Nc2ccc(C)c(S(=O)(=O)N3CCOCC3)c2)cc1. The van der Waals surface area contributed by atoms with E-state index < -0.39 is 28.5 Å². The standard InChI is InChI=1S/C24H30N2O7S/c1-3-4-13-32-21-9-6-19(7-10-21)24(28)33-17-23(27)25-20-8-5-18(2)22(16-20)34(29,30)26-11-14-31-15-12-26/h5-10,16H,3-4,11-15,17H2,1-2H3,(H,25,27). The molecule has 2 aromatic carbocycles. The van der Waals surface area contributed by atoms with Crippen molar-refractivity contribution < 1.29 is 32.2 Å². The monoisotopic (exact) mass is 490 g/mol. The highest BCUT2D eigenvalue weighted by molar-refractivity contribution is 7.89. The number of rotatable bonds is 10. The maximum atomic E-state index is 13.0. The molecular formula is C24H30N2O7S. The van der Waals surface area contributed by atoms with Crippen molar-refractivity contribution in [2.24, 2.45) is 0 Å². The number of benzene rings is 2. The molecule has 3 rings (SSSR count). The van der Waals surface area contributed by atoms with Gasteiger partial charge < -0.3 is 19.5 Å². The van der Waals surface area contributed by atoms with Crippen molar-refractivity contribution in [1.29, 1.82) is 0 Å². The number of amides is 1. The Morgan fingerprint density at radius 1 is 1.09 bits per heavy atom. The number of hydrogen-bond acceptors (Lipinski definition) is 7. The van der Waals surface area contributed by atoms with Crippen LogP contribution >= 0.6 is 0 Å². The van der Waals surface area contributed by atoms with Gasteiger partial charge in [0.25, 0.3) is 5.91 Å². The lowest BCUT2D eigenvalue weighted by atomic mass is 10.2. The van der Waals surface area contributed by atoms with E-state index in [1.54, 1.807) is 43.3 Å². The van der Waals surface area contributed by atoms with Crippen LogP contribution in [0.1, 0.15) is 35.7 Å². The first kappa shape index (κ1) is 25.7. The number of unbranched alkanes of at least 4 members (excludes halogenated alkanes) is 1. The molecule has 1 amide bonds. The number of esters is 1. The maximum absolute atomic E-state index is 13.0. The lowest BCUT2D eigenvalue weighted by molar-refractivity contribution is -0.119. The largest absolute Gasteiger partial charge is 0.494 e. The van der Waals surface area contributed by atoms with Gasteiger partial charge in [-0.2, -0.15) is 4.31 Å². The number of aryl methyl sites for hydroxylation is 1. The second kappa shape index (κ2) is 12.0. The number of ether oxygens (including phenoxy) is 3. The average Bonchev–Trinajstić information content (AvgIpc) is 2.85. The van der Waals surface area contributed by atoms with Gasteiger partial charge in [-0.1, -0.05) is 19.4 Å². The van der Waals surface area contributed by atoms with Crippen molar-refractivity contribution in [1.82, 2.24) is 4.31 Å². The zero-order chi connectivity index (χ0) is 24.6. The van der Waals surface area contributed by atoms with Gasteiger partial charge >= 0.3 is 5.97 Å². The topological polar surface area (TPSA) is 111 Å². The summed E-state index contributed by atoms with van der Waals surface area (Å²) in [5.74, 6) is -0.564. The fraction of sp³-hybridized carbons (Fsp3) is 0.417. The Balaban J connectivity index is 1.56. The predicted molar refractivity (Wildman–Crippen MR) is 127 cm³/mol. The molecular weight excluding hydrogens is 460 g/mol. The van der Waals surface area contributed by atoms with E-state index in [-0.39, 0.29) is 18.0 Å². The van der Waals surface area contributed by atoms with Gasteiger partial charge in [-0.15, -0.1) is 0 Å². The number of morpholine rings is 1. The first-order chi connectivity index (χ1) is 16.3. The van der Waals surface area contributed by atoms with Crippen LogP contribution in [0.2, 0.25) is 0 Å². The summed E-state index contributed by atoms with van der Waals surface area (Å²) >= 11 is 0. The fourth-order valence-corrected chi connectivity index (χ4v) is 4.97. The van der Waals surface area contributed by atoms with Gasteiger partial charge in [0.1, 0.15) is 5.75 Å². The minimum atomic E-state index is -3.72. The molecule has 34 heavy (non-hydrogen) atoms. The average molecular weight is 491 g/mol. The second-order valence-electron chi connectivity index (χ2n) is 7.85. The number of anilines is 1. The lowest BCUT2D eigenvalue weighted by Gasteiger charge is -2.26. The molecule has 1 aliphatic heterocycles. The van der Waals surface area contributed by atoms with E-state index in [0.29, 0.717) is 42.4 Å². The van der Waals surface area contributed by atoms with Gasteiger partial charge in [-0.25, -0.2) is 13.2 Å². The minimum absolute atomic E-state index is 0.116. The summed E-state index contributed by atoms with van der Waals surface area (Å²) in [5, 5.41) is 2.59. The fourth-order valence-electron chi connectivity index (χ4n) is 3.31. The van der Waals surface area contributed by atoms with E-state index in [1.807, 2.05) is 0 Å². The molecule has 0 aromatic heterocycles. The van der Waals surface area contributed by atoms with Crippen LogP contribution in [0.3, 0.4) is 0 Å². The molecule has 2 aromatic rings. The van der Waals surface area contributed by atoms with E-state index in [4.69, 9.17) is 14.2 Å². The Morgan fingerprint density at radius 2 is 1.79 bits per heavy atom. The van der Waals surface area contributed by atoms with Crippen LogP contribution in [-0.4, -0.2) is 64.1 Å². The first-order valence-electron chi connectivity index (χ1n) is 11.2. The molecule has 0 atom stereocenters. The van der Waals surface area contributed by atoms with Crippen molar-refractivity contribution in [3.63, 3.8) is 0 Å². The second-order valence-corrected chi connectivity index (χ2v) is 9.75. The van der Waals surface area contributed by atoms with Crippen LogP contribution in [0.4, 0.5) is 5.69 Å².